The second kappa shape index (κ2) is 4.52. The van der Waals surface area contributed by atoms with Crippen molar-refractivity contribution in [1.82, 2.24) is 0 Å². The van der Waals surface area contributed by atoms with E-state index >= 15 is 0 Å². The lowest BCUT2D eigenvalue weighted by atomic mass is 10.1. The highest BCUT2D eigenvalue weighted by atomic mass is 32.2. The van der Waals surface area contributed by atoms with E-state index in [0.717, 1.165) is 11.3 Å². The van der Waals surface area contributed by atoms with Gasteiger partial charge in [-0.1, -0.05) is 12.1 Å². The molecule has 3 N–H and O–H groups in total. The number of sulfonamides is 1. The van der Waals surface area contributed by atoms with E-state index in [2.05, 4.69) is 0 Å². The smallest absolute Gasteiger partial charge is 0.346 e. The molecule has 0 bridgehead atoms. The molecule has 0 radical (unpaired) electrons. The van der Waals surface area contributed by atoms with Crippen LogP contribution >= 0.6 is 11.3 Å². The number of aromatic carboxylic acids is 1. The molecule has 5 nitrogen and oxygen atoms in total. The van der Waals surface area contributed by atoms with Gasteiger partial charge in [0.05, 0.1) is 4.90 Å². The zero-order valence-electron chi connectivity index (χ0n) is 9.03. The molecule has 0 amide bonds. The lowest BCUT2D eigenvalue weighted by Crippen LogP contribution is -2.11. The van der Waals surface area contributed by atoms with E-state index in [4.69, 9.17) is 10.2 Å². The van der Waals surface area contributed by atoms with Crippen LogP contribution in [-0.4, -0.2) is 19.5 Å². The molecular formula is C11H9NO4S2. The van der Waals surface area contributed by atoms with E-state index in [9.17, 15) is 13.2 Å². The number of carbonyl (C=O) groups is 1. The van der Waals surface area contributed by atoms with Gasteiger partial charge < -0.3 is 5.11 Å². The number of hydrogen-bond acceptors (Lipinski definition) is 4. The summed E-state index contributed by atoms with van der Waals surface area (Å²) in [4.78, 5) is 11.2. The van der Waals surface area contributed by atoms with Crippen molar-refractivity contribution in [3.05, 3.63) is 40.6 Å². The maximum Gasteiger partial charge on any atom is 0.346 e. The van der Waals surface area contributed by atoms with Crippen LogP contribution < -0.4 is 5.14 Å². The van der Waals surface area contributed by atoms with Gasteiger partial charge in [0.25, 0.3) is 0 Å². The number of nitrogens with two attached hydrogens (primary N) is 1. The van der Waals surface area contributed by atoms with E-state index in [1.165, 1.54) is 24.3 Å². The number of primary sulfonamides is 1. The third-order valence-electron chi connectivity index (χ3n) is 2.35. The van der Waals surface area contributed by atoms with Crippen molar-refractivity contribution in [1.29, 1.82) is 0 Å². The number of carboxylic acid groups (broad SMARTS) is 1. The number of benzene rings is 1. The van der Waals surface area contributed by atoms with Crippen LogP contribution in [-0.2, 0) is 10.0 Å². The Morgan fingerprint density at radius 1 is 1.17 bits per heavy atom. The Labute approximate surface area is 108 Å². The first-order valence-electron chi connectivity index (χ1n) is 4.83. The van der Waals surface area contributed by atoms with E-state index in [-0.39, 0.29) is 9.77 Å². The van der Waals surface area contributed by atoms with Gasteiger partial charge in [-0.25, -0.2) is 18.4 Å². The normalized spacial score (nSPS) is 11.4. The fourth-order valence-corrected chi connectivity index (χ4v) is 2.80. The molecule has 0 aliphatic rings. The van der Waals surface area contributed by atoms with Crippen molar-refractivity contribution in [3.63, 3.8) is 0 Å². The van der Waals surface area contributed by atoms with Crippen LogP contribution in [0.5, 0.6) is 0 Å². The number of thiophene rings is 1. The summed E-state index contributed by atoms with van der Waals surface area (Å²) >= 11 is 1.12. The van der Waals surface area contributed by atoms with Gasteiger partial charge in [0.2, 0.25) is 10.0 Å². The molecule has 0 fully saturated rings. The molecular weight excluding hydrogens is 274 g/mol. The number of hydrogen-bond donors (Lipinski definition) is 2. The molecule has 1 heterocycles. The third-order valence-corrected chi connectivity index (χ3v) is 4.18. The first-order valence-corrected chi connectivity index (χ1v) is 7.26. The maximum absolute atomic E-state index is 11.1. The number of carboxylic acids is 1. The molecule has 0 aliphatic heterocycles. The van der Waals surface area contributed by atoms with Crippen molar-refractivity contribution >= 4 is 27.3 Å². The second-order valence-corrected chi connectivity index (χ2v) is 6.02. The Bertz CT molecular complexity index is 686. The van der Waals surface area contributed by atoms with Crippen LogP contribution in [0.25, 0.3) is 11.1 Å². The van der Waals surface area contributed by atoms with Gasteiger partial charge in [-0.05, 0) is 29.1 Å². The zero-order valence-corrected chi connectivity index (χ0v) is 10.7. The summed E-state index contributed by atoms with van der Waals surface area (Å²) in [6, 6.07) is 7.46. The highest BCUT2D eigenvalue weighted by Gasteiger charge is 2.14. The molecule has 0 spiro atoms. The lowest BCUT2D eigenvalue weighted by molar-refractivity contribution is 0.0703. The van der Waals surface area contributed by atoms with Crippen molar-refractivity contribution in [2.45, 2.75) is 4.90 Å². The Morgan fingerprint density at radius 2 is 1.78 bits per heavy atom. The fourth-order valence-electron chi connectivity index (χ4n) is 1.53. The van der Waals surface area contributed by atoms with Gasteiger partial charge >= 0.3 is 5.97 Å². The first-order chi connectivity index (χ1) is 8.39. The molecule has 2 aromatic rings. The van der Waals surface area contributed by atoms with Crippen LogP contribution in [0.2, 0.25) is 0 Å². The Kier molecular flexibility index (Phi) is 3.20. The third kappa shape index (κ3) is 2.42. The molecule has 94 valence electrons. The van der Waals surface area contributed by atoms with Crippen molar-refractivity contribution in [3.8, 4) is 11.1 Å². The summed E-state index contributed by atoms with van der Waals surface area (Å²) in [6.07, 6.45) is 0. The molecule has 0 saturated heterocycles. The predicted molar refractivity (Wildman–Crippen MR) is 68.1 cm³/mol. The molecule has 7 heteroatoms. The van der Waals surface area contributed by atoms with E-state index in [1.807, 2.05) is 0 Å². The Hall–Kier alpha value is -1.70. The highest BCUT2D eigenvalue weighted by molar-refractivity contribution is 7.89. The number of rotatable bonds is 3. The molecule has 0 unspecified atom stereocenters. The molecule has 1 aromatic heterocycles. The summed E-state index contributed by atoms with van der Waals surface area (Å²) in [5.41, 5.74) is 1.20. The minimum Gasteiger partial charge on any atom is -0.477 e. The zero-order chi connectivity index (χ0) is 13.3. The van der Waals surface area contributed by atoms with Crippen molar-refractivity contribution in [2.24, 2.45) is 5.14 Å². The quantitative estimate of drug-likeness (QED) is 0.896. The fraction of sp³-hybridized carbons (Fsp3) is 0. The largest absolute Gasteiger partial charge is 0.477 e. The molecule has 0 saturated carbocycles. The van der Waals surface area contributed by atoms with Crippen LogP contribution in [0.3, 0.4) is 0 Å². The summed E-state index contributed by atoms with van der Waals surface area (Å²) in [5, 5.41) is 15.7. The average Bonchev–Trinajstić information content (AvgIpc) is 2.77. The van der Waals surface area contributed by atoms with Crippen LogP contribution in [0.4, 0.5) is 0 Å². The minimum atomic E-state index is -3.73. The van der Waals surface area contributed by atoms with Gasteiger partial charge in [-0.2, -0.15) is 0 Å². The topological polar surface area (TPSA) is 97.5 Å². The van der Waals surface area contributed by atoms with Crippen LogP contribution in [0.15, 0.2) is 40.6 Å². The van der Waals surface area contributed by atoms with Crippen molar-refractivity contribution in [2.75, 3.05) is 0 Å². The standard InChI is InChI=1S/C11H9NO4S2/c12-18(15,16)8-3-1-7(2-4-8)9-5-6-17-10(9)11(13)14/h1-6H,(H,13,14)(H2,12,15,16). The summed E-state index contributed by atoms with van der Waals surface area (Å²) < 4.78 is 22.2. The van der Waals surface area contributed by atoms with Crippen LogP contribution in [0.1, 0.15) is 9.67 Å². The van der Waals surface area contributed by atoms with Gasteiger partial charge in [-0.3, -0.25) is 0 Å². The second-order valence-electron chi connectivity index (χ2n) is 3.54. The molecule has 1 aromatic carbocycles. The van der Waals surface area contributed by atoms with Gasteiger partial charge in [0.15, 0.2) is 0 Å². The van der Waals surface area contributed by atoms with Gasteiger partial charge in [-0.15, -0.1) is 11.3 Å². The van der Waals surface area contributed by atoms with Crippen LogP contribution in [0, 0.1) is 0 Å². The van der Waals surface area contributed by atoms with E-state index in [1.54, 1.807) is 11.4 Å². The van der Waals surface area contributed by atoms with Gasteiger partial charge in [0.1, 0.15) is 4.88 Å². The van der Waals surface area contributed by atoms with E-state index < -0.39 is 16.0 Å². The highest BCUT2D eigenvalue weighted by Crippen LogP contribution is 2.28. The monoisotopic (exact) mass is 283 g/mol. The van der Waals surface area contributed by atoms with E-state index in [0.29, 0.717) is 11.1 Å². The lowest BCUT2D eigenvalue weighted by Gasteiger charge is -2.02. The van der Waals surface area contributed by atoms with Crippen molar-refractivity contribution < 1.29 is 18.3 Å². The summed E-state index contributed by atoms with van der Waals surface area (Å²) in [7, 11) is -3.73. The minimum absolute atomic E-state index is 0.00152. The SMILES string of the molecule is NS(=O)(=O)c1ccc(-c2ccsc2C(=O)O)cc1. The molecule has 0 atom stereocenters. The average molecular weight is 283 g/mol. The first kappa shape index (κ1) is 12.7. The molecule has 18 heavy (non-hydrogen) atoms. The Balaban J connectivity index is 2.47. The maximum atomic E-state index is 11.1. The summed E-state index contributed by atoms with van der Waals surface area (Å²) in [6.45, 7) is 0. The Morgan fingerprint density at radius 3 is 2.28 bits per heavy atom. The van der Waals surface area contributed by atoms with Gasteiger partial charge in [0, 0.05) is 5.56 Å². The predicted octanol–water partition coefficient (Wildman–Crippen LogP) is 1.76. The summed E-state index contributed by atoms with van der Waals surface area (Å²) in [5.74, 6) is -1.00. The molecule has 2 rings (SSSR count). The molecule has 0 aliphatic carbocycles.